The third kappa shape index (κ3) is 4.01. The Morgan fingerprint density at radius 3 is 2.45 bits per heavy atom. The predicted molar refractivity (Wildman–Crippen MR) is 87.0 cm³/mol. The van der Waals surface area contributed by atoms with Crippen LogP contribution in [0.3, 0.4) is 0 Å². The lowest BCUT2D eigenvalue weighted by Crippen LogP contribution is -2.16. The van der Waals surface area contributed by atoms with Crippen molar-refractivity contribution in [3.05, 3.63) is 29.8 Å². The van der Waals surface area contributed by atoms with Crippen LogP contribution < -0.4 is 4.74 Å². The Balaban J connectivity index is 1.99. The van der Waals surface area contributed by atoms with Crippen LogP contribution in [0.15, 0.2) is 24.3 Å². The van der Waals surface area contributed by atoms with Gasteiger partial charge in [0.1, 0.15) is 11.8 Å². The second-order valence-electron chi connectivity index (χ2n) is 5.71. The van der Waals surface area contributed by atoms with E-state index in [0.29, 0.717) is 6.61 Å². The lowest BCUT2D eigenvalue weighted by Gasteiger charge is -2.04. The molecule has 0 bridgehead atoms. The summed E-state index contributed by atoms with van der Waals surface area (Å²) in [5.74, 6) is 0.741. The average molecular weight is 305 g/mol. The first-order chi connectivity index (χ1) is 10.7. The maximum atomic E-state index is 12.1. The minimum absolute atomic E-state index is 0.0983. The summed E-state index contributed by atoms with van der Waals surface area (Å²) in [5, 5.41) is 0. The van der Waals surface area contributed by atoms with E-state index < -0.39 is 0 Å². The number of hydrogen-bond acceptors (Lipinski definition) is 4. The summed E-state index contributed by atoms with van der Waals surface area (Å²) in [6, 6.07) is 8.03. The molecule has 1 aromatic carbocycles. The zero-order valence-corrected chi connectivity index (χ0v) is 13.9. The molecule has 1 aromatic rings. The molecule has 1 saturated heterocycles. The molecule has 0 aliphatic carbocycles. The molecule has 1 heterocycles. The summed E-state index contributed by atoms with van der Waals surface area (Å²) in [5.41, 5.74) is 1.16. The molecule has 4 heteroatoms. The fourth-order valence-corrected chi connectivity index (χ4v) is 2.94. The number of esters is 1. The van der Waals surface area contributed by atoms with Crippen LogP contribution in [0.1, 0.15) is 51.1 Å². The Morgan fingerprint density at radius 1 is 1.14 bits per heavy atom. The van der Waals surface area contributed by atoms with E-state index >= 15 is 0 Å². The molecule has 122 valence electrons. The van der Waals surface area contributed by atoms with Gasteiger partial charge in [0.25, 0.3) is 0 Å². The van der Waals surface area contributed by atoms with E-state index in [-0.39, 0.29) is 18.1 Å². The summed E-state index contributed by atoms with van der Waals surface area (Å²) < 4.78 is 10.4. The number of ether oxygens (including phenoxy) is 2. The quantitative estimate of drug-likeness (QED) is 0.397. The molecular weight excluding hydrogens is 278 g/mol. The normalized spacial score (nSPS) is 23.1. The number of nitrogens with zero attached hydrogens (tertiary/aromatic N) is 1. The fourth-order valence-electron chi connectivity index (χ4n) is 2.94. The van der Waals surface area contributed by atoms with Crippen molar-refractivity contribution in [2.75, 3.05) is 20.3 Å². The summed E-state index contributed by atoms with van der Waals surface area (Å²) in [4.78, 5) is 14.4. The highest BCUT2D eigenvalue weighted by atomic mass is 16.5. The minimum Gasteiger partial charge on any atom is -0.497 e. The summed E-state index contributed by atoms with van der Waals surface area (Å²) in [6.07, 6.45) is 4.84. The third-order valence-corrected chi connectivity index (χ3v) is 4.18. The van der Waals surface area contributed by atoms with E-state index in [0.717, 1.165) is 24.3 Å². The number of benzene rings is 1. The van der Waals surface area contributed by atoms with E-state index in [9.17, 15) is 4.79 Å². The first-order valence-corrected chi connectivity index (χ1v) is 8.29. The first-order valence-electron chi connectivity index (χ1n) is 8.29. The van der Waals surface area contributed by atoms with Gasteiger partial charge in [-0.05, 0) is 37.6 Å². The lowest BCUT2D eigenvalue weighted by atomic mass is 10.1. The third-order valence-electron chi connectivity index (χ3n) is 4.18. The van der Waals surface area contributed by atoms with Crippen molar-refractivity contribution >= 4 is 5.97 Å². The number of unbranched alkanes of at least 4 members (excludes halogenated alkanes) is 3. The van der Waals surface area contributed by atoms with Crippen molar-refractivity contribution in [2.24, 2.45) is 0 Å². The molecule has 0 radical (unpaired) electrons. The molecule has 0 saturated carbocycles. The Morgan fingerprint density at radius 2 is 1.86 bits per heavy atom. The van der Waals surface area contributed by atoms with Gasteiger partial charge in [0, 0.05) is 0 Å². The van der Waals surface area contributed by atoms with E-state index in [1.54, 1.807) is 7.11 Å². The number of hydrogen-bond donors (Lipinski definition) is 0. The molecule has 4 nitrogen and oxygen atoms in total. The lowest BCUT2D eigenvalue weighted by molar-refractivity contribution is -0.143. The smallest absolute Gasteiger partial charge is 0.325 e. The highest BCUT2D eigenvalue weighted by Gasteiger charge is 2.53. The Bertz CT molecular complexity index is 472. The van der Waals surface area contributed by atoms with Crippen molar-refractivity contribution < 1.29 is 14.3 Å². The molecule has 1 fully saturated rings. The van der Waals surface area contributed by atoms with E-state index in [4.69, 9.17) is 9.47 Å². The molecule has 0 spiro atoms. The molecule has 22 heavy (non-hydrogen) atoms. The Labute approximate surface area is 133 Å². The van der Waals surface area contributed by atoms with Crippen LogP contribution in [0.4, 0.5) is 0 Å². The van der Waals surface area contributed by atoms with Crippen LogP contribution in [0.2, 0.25) is 0 Å². The van der Waals surface area contributed by atoms with E-state index in [1.807, 2.05) is 31.2 Å². The second kappa shape index (κ2) is 8.18. The molecule has 2 rings (SSSR count). The zero-order chi connectivity index (χ0) is 15.9. The highest BCUT2D eigenvalue weighted by Crippen LogP contribution is 2.44. The molecule has 0 aromatic heterocycles. The van der Waals surface area contributed by atoms with Crippen LogP contribution in [0.25, 0.3) is 0 Å². The van der Waals surface area contributed by atoms with Gasteiger partial charge >= 0.3 is 5.97 Å². The summed E-state index contributed by atoms with van der Waals surface area (Å²) in [7, 11) is 1.66. The van der Waals surface area contributed by atoms with Gasteiger partial charge in [-0.3, -0.25) is 9.69 Å². The van der Waals surface area contributed by atoms with Gasteiger partial charge in [-0.1, -0.05) is 38.3 Å². The van der Waals surface area contributed by atoms with Gasteiger partial charge in [-0.15, -0.1) is 0 Å². The standard InChI is InChI=1S/C18H27NO3/c1-4-6-7-8-13-19-16(17(19)18(20)22-5-2)14-9-11-15(21-3)12-10-14/h9-12,16-17H,4-8,13H2,1-3H3/t16-,17+,19?/m1/s1. The molecule has 1 unspecified atom stereocenters. The highest BCUT2D eigenvalue weighted by molar-refractivity contribution is 5.80. The Kier molecular flexibility index (Phi) is 6.25. The average Bonchev–Trinajstić information content (AvgIpc) is 3.26. The van der Waals surface area contributed by atoms with E-state index in [2.05, 4.69) is 11.8 Å². The predicted octanol–water partition coefficient (Wildman–Crippen LogP) is 3.56. The van der Waals surface area contributed by atoms with Crippen LogP contribution in [-0.4, -0.2) is 37.2 Å². The van der Waals surface area contributed by atoms with Crippen molar-refractivity contribution in [1.29, 1.82) is 0 Å². The largest absolute Gasteiger partial charge is 0.497 e. The molecule has 3 atom stereocenters. The maximum absolute atomic E-state index is 12.1. The monoisotopic (exact) mass is 305 g/mol. The SMILES string of the molecule is CCCCCCN1[C@H](C(=O)OCC)[C@H]1c1ccc(OC)cc1. The van der Waals surface area contributed by atoms with Crippen LogP contribution in [-0.2, 0) is 9.53 Å². The molecule has 1 aliphatic heterocycles. The molecule has 0 amide bonds. The molecule has 0 N–H and O–H groups in total. The number of rotatable bonds is 9. The fraction of sp³-hybridized carbons (Fsp3) is 0.611. The summed E-state index contributed by atoms with van der Waals surface area (Å²) >= 11 is 0. The van der Waals surface area contributed by atoms with Gasteiger partial charge in [-0.25, -0.2) is 0 Å². The van der Waals surface area contributed by atoms with Crippen molar-refractivity contribution in [1.82, 2.24) is 4.90 Å². The zero-order valence-electron chi connectivity index (χ0n) is 13.9. The van der Waals surface area contributed by atoms with Crippen molar-refractivity contribution in [2.45, 2.75) is 51.6 Å². The van der Waals surface area contributed by atoms with Crippen molar-refractivity contribution in [3.63, 3.8) is 0 Å². The van der Waals surface area contributed by atoms with Crippen LogP contribution in [0, 0.1) is 0 Å². The van der Waals surface area contributed by atoms with E-state index in [1.165, 1.54) is 19.3 Å². The van der Waals surface area contributed by atoms with Crippen LogP contribution in [0.5, 0.6) is 5.75 Å². The molecular formula is C18H27NO3. The second-order valence-corrected chi connectivity index (χ2v) is 5.71. The van der Waals surface area contributed by atoms with Crippen LogP contribution >= 0.6 is 0 Å². The van der Waals surface area contributed by atoms with Gasteiger partial charge in [0.05, 0.1) is 19.8 Å². The number of methoxy groups -OCH3 is 1. The van der Waals surface area contributed by atoms with Gasteiger partial charge < -0.3 is 9.47 Å². The van der Waals surface area contributed by atoms with Gasteiger partial charge in [0.15, 0.2) is 0 Å². The summed E-state index contributed by atoms with van der Waals surface area (Å²) in [6.45, 7) is 5.46. The first kappa shape index (κ1) is 16.8. The molecule has 1 aliphatic rings. The number of carbonyl (C=O) groups excluding carboxylic acids is 1. The maximum Gasteiger partial charge on any atom is 0.325 e. The number of carbonyl (C=O) groups is 1. The Hall–Kier alpha value is -1.55. The topological polar surface area (TPSA) is 38.5 Å². The minimum atomic E-state index is -0.116. The van der Waals surface area contributed by atoms with Gasteiger partial charge in [-0.2, -0.15) is 0 Å². The van der Waals surface area contributed by atoms with Crippen molar-refractivity contribution in [3.8, 4) is 5.75 Å². The van der Waals surface area contributed by atoms with Gasteiger partial charge in [0.2, 0.25) is 0 Å².